The zero-order chi connectivity index (χ0) is 15.4. The number of hydrogen-bond donors (Lipinski definition) is 1. The first-order valence-electron chi connectivity index (χ1n) is 7.02. The molecule has 2 rings (SSSR count). The van der Waals surface area contributed by atoms with Crippen molar-refractivity contribution in [1.82, 2.24) is 4.57 Å². The summed E-state index contributed by atoms with van der Waals surface area (Å²) in [6.07, 6.45) is 3.47. The highest BCUT2D eigenvalue weighted by Crippen LogP contribution is 2.11. The Labute approximate surface area is 124 Å². The zero-order valence-corrected chi connectivity index (χ0v) is 12.6. The van der Waals surface area contributed by atoms with Gasteiger partial charge in [0.25, 0.3) is 0 Å². The minimum Gasteiger partial charge on any atom is -0.344 e. The first-order valence-corrected chi connectivity index (χ1v) is 7.02. The summed E-state index contributed by atoms with van der Waals surface area (Å²) in [5, 5.41) is 2.83. The van der Waals surface area contributed by atoms with E-state index in [-0.39, 0.29) is 24.2 Å². The van der Waals surface area contributed by atoms with Crippen molar-refractivity contribution in [1.29, 1.82) is 0 Å². The van der Waals surface area contributed by atoms with E-state index in [4.69, 9.17) is 0 Å². The third-order valence-corrected chi connectivity index (χ3v) is 3.22. The van der Waals surface area contributed by atoms with Gasteiger partial charge in [-0.3, -0.25) is 9.59 Å². The Balaban J connectivity index is 1.97. The van der Waals surface area contributed by atoms with Crippen LogP contribution in [0.4, 0.5) is 5.69 Å². The molecule has 0 aliphatic rings. The van der Waals surface area contributed by atoms with Gasteiger partial charge >= 0.3 is 0 Å². The van der Waals surface area contributed by atoms with Crippen molar-refractivity contribution < 1.29 is 9.59 Å². The average Bonchev–Trinajstić information content (AvgIpc) is 2.88. The molecule has 2 aromatic rings. The fourth-order valence-corrected chi connectivity index (χ4v) is 2.02. The maximum atomic E-state index is 12.0. The van der Waals surface area contributed by atoms with Crippen LogP contribution in [0.5, 0.6) is 0 Å². The van der Waals surface area contributed by atoms with E-state index >= 15 is 0 Å². The summed E-state index contributed by atoms with van der Waals surface area (Å²) in [5.74, 6) is -0.0621. The minimum absolute atomic E-state index is 0.0396. The Morgan fingerprint density at radius 2 is 1.81 bits per heavy atom. The molecule has 1 aromatic carbocycles. The molecule has 4 nitrogen and oxygen atoms in total. The van der Waals surface area contributed by atoms with E-state index in [1.54, 1.807) is 23.0 Å². The Hall–Kier alpha value is -2.36. The number of anilines is 1. The lowest BCUT2D eigenvalue weighted by atomic mass is 10.0. The second-order valence-corrected chi connectivity index (χ2v) is 5.51. The Morgan fingerprint density at radius 3 is 2.43 bits per heavy atom. The van der Waals surface area contributed by atoms with Crippen molar-refractivity contribution in [2.45, 2.75) is 27.3 Å². The minimum atomic E-state index is -0.113. The zero-order valence-electron chi connectivity index (χ0n) is 12.6. The van der Waals surface area contributed by atoms with Gasteiger partial charge in [-0.1, -0.05) is 31.5 Å². The van der Waals surface area contributed by atoms with Crippen LogP contribution < -0.4 is 5.32 Å². The predicted molar refractivity (Wildman–Crippen MR) is 83.4 cm³/mol. The summed E-state index contributed by atoms with van der Waals surface area (Å²) >= 11 is 0. The molecule has 0 saturated heterocycles. The fraction of sp³-hybridized carbons (Fsp3) is 0.294. The molecule has 0 fully saturated rings. The number of ketones is 1. The molecule has 110 valence electrons. The highest BCUT2D eigenvalue weighted by Gasteiger charge is 2.12. The maximum Gasteiger partial charge on any atom is 0.244 e. The number of carbonyl (C=O) groups excluding carboxylic acids is 2. The summed E-state index contributed by atoms with van der Waals surface area (Å²) in [6, 6.07) is 9.39. The number of amides is 1. The number of benzene rings is 1. The van der Waals surface area contributed by atoms with Gasteiger partial charge in [0.1, 0.15) is 6.54 Å². The van der Waals surface area contributed by atoms with Gasteiger partial charge in [-0.15, -0.1) is 0 Å². The molecule has 0 saturated carbocycles. The predicted octanol–water partition coefficient (Wildman–Crippen LogP) is 3.27. The molecule has 0 bridgehead atoms. The van der Waals surface area contributed by atoms with Crippen LogP contribution in [-0.4, -0.2) is 16.3 Å². The molecular formula is C17H20N2O2. The largest absolute Gasteiger partial charge is 0.344 e. The number of aromatic nitrogens is 1. The monoisotopic (exact) mass is 284 g/mol. The molecule has 0 radical (unpaired) electrons. The molecule has 0 aliphatic carbocycles. The highest BCUT2D eigenvalue weighted by atomic mass is 16.2. The summed E-state index contributed by atoms with van der Waals surface area (Å²) in [5.41, 5.74) is 2.57. The van der Waals surface area contributed by atoms with Crippen molar-refractivity contribution >= 4 is 17.4 Å². The van der Waals surface area contributed by atoms with Crippen LogP contribution in [0, 0.1) is 12.8 Å². The summed E-state index contributed by atoms with van der Waals surface area (Å²) in [6.45, 7) is 5.92. The van der Waals surface area contributed by atoms with Crippen LogP contribution in [0.2, 0.25) is 0 Å². The first kappa shape index (κ1) is 15.0. The molecule has 1 aromatic heterocycles. The lowest BCUT2D eigenvalue weighted by Crippen LogP contribution is -2.18. The van der Waals surface area contributed by atoms with E-state index in [0.717, 1.165) is 11.3 Å². The fourth-order valence-electron chi connectivity index (χ4n) is 2.02. The maximum absolute atomic E-state index is 12.0. The second-order valence-electron chi connectivity index (χ2n) is 5.51. The van der Waals surface area contributed by atoms with E-state index in [1.165, 1.54) is 0 Å². The van der Waals surface area contributed by atoms with Gasteiger partial charge in [-0.2, -0.15) is 0 Å². The molecule has 0 unspecified atom stereocenters. The van der Waals surface area contributed by atoms with Gasteiger partial charge < -0.3 is 9.88 Å². The van der Waals surface area contributed by atoms with E-state index in [2.05, 4.69) is 5.32 Å². The summed E-state index contributed by atoms with van der Waals surface area (Å²) in [7, 11) is 0. The first-order chi connectivity index (χ1) is 9.95. The van der Waals surface area contributed by atoms with Crippen molar-refractivity contribution in [2.24, 2.45) is 5.92 Å². The molecule has 4 heteroatoms. The number of nitrogens with one attached hydrogen (secondary N) is 1. The van der Waals surface area contributed by atoms with Crippen LogP contribution in [-0.2, 0) is 11.3 Å². The lowest BCUT2D eigenvalue weighted by Gasteiger charge is -2.06. The van der Waals surface area contributed by atoms with Gasteiger partial charge in [-0.05, 0) is 25.1 Å². The number of hydrogen-bond acceptors (Lipinski definition) is 2. The van der Waals surface area contributed by atoms with Crippen molar-refractivity contribution in [3.05, 3.63) is 53.9 Å². The topological polar surface area (TPSA) is 51.1 Å². The number of carbonyl (C=O) groups is 2. The van der Waals surface area contributed by atoms with Crippen molar-refractivity contribution in [3.8, 4) is 0 Å². The Kier molecular flexibility index (Phi) is 4.58. The van der Waals surface area contributed by atoms with E-state index in [0.29, 0.717) is 5.56 Å². The third kappa shape index (κ3) is 4.05. The number of rotatable bonds is 5. The molecule has 0 atom stereocenters. The van der Waals surface area contributed by atoms with Crippen LogP contribution in [0.3, 0.4) is 0 Å². The number of nitrogens with zero attached hydrogens (tertiary/aromatic N) is 1. The van der Waals surface area contributed by atoms with Gasteiger partial charge in [0.05, 0.1) is 0 Å². The third-order valence-electron chi connectivity index (χ3n) is 3.22. The Bertz CT molecular complexity index is 639. The lowest BCUT2D eigenvalue weighted by molar-refractivity contribution is -0.116. The molecule has 0 spiro atoms. The van der Waals surface area contributed by atoms with Gasteiger partial charge in [0.15, 0.2) is 5.78 Å². The molecule has 1 N–H and O–H groups in total. The van der Waals surface area contributed by atoms with Gasteiger partial charge in [0, 0.05) is 29.6 Å². The standard InChI is InChI=1S/C17H20N2O2/c1-12(2)17(21)14-8-9-19(10-14)11-16(20)18-15-6-4-13(3)5-7-15/h4-10,12H,11H2,1-3H3,(H,18,20). The molecule has 1 amide bonds. The normalized spacial score (nSPS) is 10.7. The summed E-state index contributed by atoms with van der Waals surface area (Å²) in [4.78, 5) is 23.8. The van der Waals surface area contributed by atoms with Crippen molar-refractivity contribution in [2.75, 3.05) is 5.32 Å². The quantitative estimate of drug-likeness (QED) is 0.857. The summed E-state index contributed by atoms with van der Waals surface area (Å²) < 4.78 is 1.72. The van der Waals surface area contributed by atoms with Crippen molar-refractivity contribution in [3.63, 3.8) is 0 Å². The number of Topliss-reactive ketones (excluding diaryl/α,β-unsaturated/α-hetero) is 1. The van der Waals surface area contributed by atoms with Crippen LogP contribution in [0.15, 0.2) is 42.7 Å². The SMILES string of the molecule is Cc1ccc(NC(=O)Cn2ccc(C(=O)C(C)C)c2)cc1. The van der Waals surface area contributed by atoms with Crippen LogP contribution in [0.1, 0.15) is 29.8 Å². The van der Waals surface area contributed by atoms with Gasteiger partial charge in [-0.25, -0.2) is 0 Å². The van der Waals surface area contributed by atoms with Crippen LogP contribution >= 0.6 is 0 Å². The van der Waals surface area contributed by atoms with E-state index in [1.807, 2.05) is 45.0 Å². The number of aryl methyl sites for hydroxylation is 1. The molecule has 1 heterocycles. The smallest absolute Gasteiger partial charge is 0.244 e. The van der Waals surface area contributed by atoms with Crippen LogP contribution in [0.25, 0.3) is 0 Å². The average molecular weight is 284 g/mol. The highest BCUT2D eigenvalue weighted by molar-refractivity contribution is 5.97. The molecular weight excluding hydrogens is 264 g/mol. The Morgan fingerprint density at radius 1 is 1.14 bits per heavy atom. The van der Waals surface area contributed by atoms with E-state index < -0.39 is 0 Å². The second kappa shape index (κ2) is 6.39. The van der Waals surface area contributed by atoms with E-state index in [9.17, 15) is 9.59 Å². The molecule has 0 aliphatic heterocycles. The molecule has 21 heavy (non-hydrogen) atoms. The van der Waals surface area contributed by atoms with Gasteiger partial charge in [0.2, 0.25) is 5.91 Å².